The highest BCUT2D eigenvalue weighted by Crippen LogP contribution is 2.19. The smallest absolute Gasteiger partial charge is 0.320 e. The number of nitrogens with one attached hydrogen (secondary N) is 1. The lowest BCUT2D eigenvalue weighted by atomic mass is 10.0. The minimum atomic E-state index is -0.837. The van der Waals surface area contributed by atoms with Gasteiger partial charge in [0.1, 0.15) is 18.4 Å². The van der Waals surface area contributed by atoms with Gasteiger partial charge in [-0.3, -0.25) is 4.79 Å². The number of halogens is 1. The summed E-state index contributed by atoms with van der Waals surface area (Å²) >= 11 is 6.12. The summed E-state index contributed by atoms with van der Waals surface area (Å²) in [6.45, 7) is 4.63. The minimum Gasteiger partial charge on any atom is -0.489 e. The Morgan fingerprint density at radius 3 is 2.62 bits per heavy atom. The molecule has 0 heterocycles. The van der Waals surface area contributed by atoms with Gasteiger partial charge in [0.15, 0.2) is 0 Å². The summed E-state index contributed by atoms with van der Waals surface area (Å²) in [5, 5.41) is 13.0. The van der Waals surface area contributed by atoms with E-state index < -0.39 is 12.0 Å². The van der Waals surface area contributed by atoms with E-state index in [2.05, 4.69) is 5.32 Å². The fraction of sp³-hybridized carbons (Fsp3) is 0.316. The van der Waals surface area contributed by atoms with E-state index in [0.29, 0.717) is 18.2 Å². The van der Waals surface area contributed by atoms with Gasteiger partial charge in [0, 0.05) is 17.1 Å². The van der Waals surface area contributed by atoms with Gasteiger partial charge >= 0.3 is 5.97 Å². The molecule has 0 aliphatic carbocycles. The van der Waals surface area contributed by atoms with E-state index in [0.717, 1.165) is 16.9 Å². The highest BCUT2D eigenvalue weighted by Gasteiger charge is 2.20. The van der Waals surface area contributed by atoms with Gasteiger partial charge in [-0.1, -0.05) is 55.8 Å². The fourth-order valence-electron chi connectivity index (χ4n) is 2.36. The zero-order valence-corrected chi connectivity index (χ0v) is 14.6. The monoisotopic (exact) mass is 347 g/mol. The van der Waals surface area contributed by atoms with Gasteiger partial charge in [0.25, 0.3) is 0 Å². The van der Waals surface area contributed by atoms with Gasteiger partial charge in [0.05, 0.1) is 0 Å². The van der Waals surface area contributed by atoms with E-state index >= 15 is 0 Å². The second kappa shape index (κ2) is 8.71. The van der Waals surface area contributed by atoms with Crippen LogP contribution in [0.3, 0.4) is 0 Å². The first-order valence-corrected chi connectivity index (χ1v) is 8.26. The van der Waals surface area contributed by atoms with Crippen LogP contribution in [0.2, 0.25) is 5.02 Å². The van der Waals surface area contributed by atoms with Crippen molar-refractivity contribution in [1.29, 1.82) is 0 Å². The lowest BCUT2D eigenvalue weighted by Gasteiger charge is -2.18. The summed E-state index contributed by atoms with van der Waals surface area (Å²) < 4.78 is 5.79. The Kier molecular flexibility index (Phi) is 6.64. The molecule has 128 valence electrons. The molecule has 2 rings (SSSR count). The summed E-state index contributed by atoms with van der Waals surface area (Å²) in [7, 11) is 0. The summed E-state index contributed by atoms with van der Waals surface area (Å²) in [6, 6.07) is 14.6. The molecular formula is C19H22ClNO3. The van der Waals surface area contributed by atoms with Crippen LogP contribution >= 0.6 is 11.6 Å². The molecule has 0 aromatic heterocycles. The predicted octanol–water partition coefficient (Wildman–Crippen LogP) is 4.12. The van der Waals surface area contributed by atoms with Crippen molar-refractivity contribution in [3.63, 3.8) is 0 Å². The lowest BCUT2D eigenvalue weighted by molar-refractivity contribution is -0.140. The maximum atomic E-state index is 11.2. The van der Waals surface area contributed by atoms with E-state index in [1.54, 1.807) is 0 Å². The summed E-state index contributed by atoms with van der Waals surface area (Å²) in [5.74, 6) is -0.0936. The van der Waals surface area contributed by atoms with Crippen molar-refractivity contribution in [2.75, 3.05) is 0 Å². The molecule has 0 saturated heterocycles. The quantitative estimate of drug-likeness (QED) is 0.754. The van der Waals surface area contributed by atoms with E-state index in [4.69, 9.17) is 16.3 Å². The number of aliphatic carboxylic acids is 1. The Morgan fingerprint density at radius 1 is 1.21 bits per heavy atom. The van der Waals surface area contributed by atoms with Gasteiger partial charge in [-0.25, -0.2) is 0 Å². The molecule has 2 aromatic carbocycles. The third kappa shape index (κ3) is 5.25. The normalized spacial score (nSPS) is 12.2. The number of carbonyl (C=O) groups is 1. The number of hydrogen-bond donors (Lipinski definition) is 2. The number of carboxylic acids is 1. The first-order valence-electron chi connectivity index (χ1n) is 7.88. The SMILES string of the molecule is CC(C)C(NCc1cccc(OCc2ccccc2Cl)c1)C(=O)O. The molecule has 2 N–H and O–H groups in total. The molecule has 0 radical (unpaired) electrons. The highest BCUT2D eigenvalue weighted by atomic mass is 35.5. The molecule has 0 fully saturated rings. The van der Waals surface area contributed by atoms with Gasteiger partial charge < -0.3 is 15.2 Å². The summed E-state index contributed by atoms with van der Waals surface area (Å²) in [5.41, 5.74) is 1.90. The first-order chi connectivity index (χ1) is 11.5. The Bertz CT molecular complexity index is 688. The van der Waals surface area contributed by atoms with Crippen molar-refractivity contribution < 1.29 is 14.6 Å². The minimum absolute atomic E-state index is 0.0159. The van der Waals surface area contributed by atoms with Crippen LogP contribution in [0.15, 0.2) is 48.5 Å². The van der Waals surface area contributed by atoms with E-state index in [1.165, 1.54) is 0 Å². The molecule has 0 aliphatic heterocycles. The Morgan fingerprint density at radius 2 is 1.96 bits per heavy atom. The fourth-order valence-corrected chi connectivity index (χ4v) is 2.55. The van der Waals surface area contributed by atoms with Gasteiger partial charge in [-0.2, -0.15) is 0 Å². The molecule has 5 heteroatoms. The second-order valence-corrected chi connectivity index (χ2v) is 6.38. The predicted molar refractivity (Wildman–Crippen MR) is 95.3 cm³/mol. The Labute approximate surface area is 147 Å². The van der Waals surface area contributed by atoms with E-state index in [-0.39, 0.29) is 5.92 Å². The van der Waals surface area contributed by atoms with Crippen molar-refractivity contribution in [3.8, 4) is 5.75 Å². The Hall–Kier alpha value is -2.04. The van der Waals surface area contributed by atoms with Gasteiger partial charge in [0.2, 0.25) is 0 Å². The molecule has 0 saturated carbocycles. The van der Waals surface area contributed by atoms with Crippen LogP contribution in [0.5, 0.6) is 5.75 Å². The van der Waals surface area contributed by atoms with Crippen molar-refractivity contribution >= 4 is 17.6 Å². The molecule has 0 amide bonds. The van der Waals surface area contributed by atoms with Crippen LogP contribution in [0.1, 0.15) is 25.0 Å². The Balaban J connectivity index is 1.96. The number of carboxylic acid groups (broad SMARTS) is 1. The average Bonchev–Trinajstić information content (AvgIpc) is 2.54. The van der Waals surface area contributed by atoms with Crippen LogP contribution in [0.4, 0.5) is 0 Å². The number of benzene rings is 2. The molecule has 0 bridgehead atoms. The third-order valence-corrected chi connectivity index (χ3v) is 4.08. The maximum absolute atomic E-state index is 11.2. The molecule has 1 unspecified atom stereocenters. The molecule has 4 nitrogen and oxygen atoms in total. The molecule has 24 heavy (non-hydrogen) atoms. The van der Waals surface area contributed by atoms with Crippen molar-refractivity contribution in [2.45, 2.75) is 33.0 Å². The van der Waals surface area contributed by atoms with Crippen molar-refractivity contribution in [3.05, 3.63) is 64.7 Å². The largest absolute Gasteiger partial charge is 0.489 e. The second-order valence-electron chi connectivity index (χ2n) is 5.97. The van der Waals surface area contributed by atoms with Crippen LogP contribution in [-0.4, -0.2) is 17.1 Å². The topological polar surface area (TPSA) is 58.6 Å². The van der Waals surface area contributed by atoms with Crippen molar-refractivity contribution in [2.24, 2.45) is 5.92 Å². The average molecular weight is 348 g/mol. The van der Waals surface area contributed by atoms with Crippen LogP contribution in [0, 0.1) is 5.92 Å². The zero-order chi connectivity index (χ0) is 17.5. The number of rotatable bonds is 8. The van der Waals surface area contributed by atoms with Crippen LogP contribution in [-0.2, 0) is 17.9 Å². The van der Waals surface area contributed by atoms with E-state index in [9.17, 15) is 9.90 Å². The molecule has 2 aromatic rings. The van der Waals surface area contributed by atoms with E-state index in [1.807, 2.05) is 62.4 Å². The molecule has 0 aliphatic rings. The summed E-state index contributed by atoms with van der Waals surface area (Å²) in [6.07, 6.45) is 0. The van der Waals surface area contributed by atoms with Crippen LogP contribution < -0.4 is 10.1 Å². The first kappa shape index (κ1) is 18.3. The highest BCUT2D eigenvalue weighted by molar-refractivity contribution is 6.31. The van der Waals surface area contributed by atoms with Crippen LogP contribution in [0.25, 0.3) is 0 Å². The number of ether oxygens (including phenoxy) is 1. The number of hydrogen-bond acceptors (Lipinski definition) is 3. The van der Waals surface area contributed by atoms with Gasteiger partial charge in [-0.15, -0.1) is 0 Å². The standard InChI is InChI=1S/C19H22ClNO3/c1-13(2)18(19(22)23)21-11-14-6-5-8-16(10-14)24-12-15-7-3-4-9-17(15)20/h3-10,13,18,21H,11-12H2,1-2H3,(H,22,23). The summed E-state index contributed by atoms with van der Waals surface area (Å²) in [4.78, 5) is 11.2. The lowest BCUT2D eigenvalue weighted by Crippen LogP contribution is -2.40. The van der Waals surface area contributed by atoms with Crippen molar-refractivity contribution in [1.82, 2.24) is 5.32 Å². The molecule has 1 atom stereocenters. The van der Waals surface area contributed by atoms with Gasteiger partial charge in [-0.05, 0) is 29.7 Å². The molecular weight excluding hydrogens is 326 g/mol. The molecule has 0 spiro atoms. The third-order valence-electron chi connectivity index (χ3n) is 3.71. The maximum Gasteiger partial charge on any atom is 0.320 e. The zero-order valence-electron chi connectivity index (χ0n) is 13.8.